The van der Waals surface area contributed by atoms with Crippen molar-refractivity contribution in [2.75, 3.05) is 12.4 Å². The average molecular weight is 404 g/mol. The van der Waals surface area contributed by atoms with E-state index in [-0.39, 0.29) is 28.3 Å². The van der Waals surface area contributed by atoms with E-state index in [1.54, 1.807) is 25.4 Å². The lowest BCUT2D eigenvalue weighted by Gasteiger charge is -2.07. The van der Waals surface area contributed by atoms with Gasteiger partial charge in [-0.25, -0.2) is 4.79 Å². The summed E-state index contributed by atoms with van der Waals surface area (Å²) in [5.41, 5.74) is 1.52. The van der Waals surface area contributed by atoms with Crippen LogP contribution in [0.2, 0.25) is 0 Å². The van der Waals surface area contributed by atoms with Crippen LogP contribution in [0.1, 0.15) is 41.4 Å². The molecule has 3 amide bonds. The Hall–Kier alpha value is -4.27. The zero-order valence-corrected chi connectivity index (χ0v) is 16.1. The van der Waals surface area contributed by atoms with Gasteiger partial charge < -0.3 is 10.1 Å². The first-order valence-electron chi connectivity index (χ1n) is 8.92. The summed E-state index contributed by atoms with van der Waals surface area (Å²) in [6.07, 6.45) is 3.05. The van der Waals surface area contributed by atoms with Gasteiger partial charge in [-0.05, 0) is 42.5 Å². The molecule has 0 saturated heterocycles. The molecule has 2 aromatic carbocycles. The van der Waals surface area contributed by atoms with Crippen molar-refractivity contribution < 1.29 is 23.9 Å². The van der Waals surface area contributed by atoms with Crippen LogP contribution in [0.25, 0.3) is 0 Å². The standard InChI is InChI=1S/C21H16N4O5/c1-24-11-13(10-22-24)18(26)23-14-4-6-15(7-5-14)30-21(29)12-3-8-16-17(9-12)20(28)25(2)19(16)27/h3-11H,1-2H3,(H,23,26). The molecule has 0 spiro atoms. The van der Waals surface area contributed by atoms with Crippen molar-refractivity contribution in [2.24, 2.45) is 7.05 Å². The van der Waals surface area contributed by atoms with Gasteiger partial charge in [0.2, 0.25) is 0 Å². The zero-order chi connectivity index (χ0) is 21.4. The predicted octanol–water partition coefficient (Wildman–Crippen LogP) is 2.12. The Balaban J connectivity index is 1.44. The first kappa shape index (κ1) is 19.1. The van der Waals surface area contributed by atoms with Gasteiger partial charge in [0.25, 0.3) is 17.7 Å². The molecule has 0 bridgehead atoms. The number of amides is 3. The number of nitrogens with one attached hydrogen (secondary N) is 1. The average Bonchev–Trinajstić information content (AvgIpc) is 3.27. The highest BCUT2D eigenvalue weighted by atomic mass is 16.5. The molecule has 0 atom stereocenters. The molecule has 0 saturated carbocycles. The third kappa shape index (κ3) is 3.44. The maximum absolute atomic E-state index is 12.4. The molecule has 9 heteroatoms. The monoisotopic (exact) mass is 404 g/mol. The van der Waals surface area contributed by atoms with Crippen molar-refractivity contribution in [1.29, 1.82) is 0 Å². The third-order valence-corrected chi connectivity index (χ3v) is 4.62. The van der Waals surface area contributed by atoms with Crippen LogP contribution in [0.5, 0.6) is 5.75 Å². The lowest BCUT2D eigenvalue weighted by Crippen LogP contribution is -2.24. The van der Waals surface area contributed by atoms with Crippen molar-refractivity contribution in [1.82, 2.24) is 14.7 Å². The Morgan fingerprint density at radius 3 is 2.30 bits per heavy atom. The summed E-state index contributed by atoms with van der Waals surface area (Å²) in [6.45, 7) is 0. The highest BCUT2D eigenvalue weighted by Gasteiger charge is 2.33. The second-order valence-corrected chi connectivity index (χ2v) is 6.70. The van der Waals surface area contributed by atoms with E-state index in [1.807, 2.05) is 0 Å². The molecule has 30 heavy (non-hydrogen) atoms. The predicted molar refractivity (Wildman–Crippen MR) is 105 cm³/mol. The van der Waals surface area contributed by atoms with Gasteiger partial charge >= 0.3 is 5.97 Å². The number of rotatable bonds is 4. The van der Waals surface area contributed by atoms with Gasteiger partial charge in [-0.3, -0.25) is 24.0 Å². The molecule has 4 rings (SSSR count). The molecule has 1 aliphatic heterocycles. The minimum Gasteiger partial charge on any atom is -0.423 e. The maximum Gasteiger partial charge on any atom is 0.343 e. The van der Waals surface area contributed by atoms with Crippen molar-refractivity contribution in [3.8, 4) is 5.75 Å². The lowest BCUT2D eigenvalue weighted by molar-refractivity contribution is 0.0691. The number of benzene rings is 2. The second-order valence-electron chi connectivity index (χ2n) is 6.70. The number of nitrogens with zero attached hydrogens (tertiary/aromatic N) is 3. The summed E-state index contributed by atoms with van der Waals surface area (Å²) in [7, 11) is 3.10. The SMILES string of the molecule is CN1C(=O)c2ccc(C(=O)Oc3ccc(NC(=O)c4cnn(C)c4)cc3)cc2C1=O. The molecule has 0 radical (unpaired) electrons. The van der Waals surface area contributed by atoms with Gasteiger partial charge in [-0.2, -0.15) is 5.10 Å². The summed E-state index contributed by atoms with van der Waals surface area (Å²) < 4.78 is 6.85. The van der Waals surface area contributed by atoms with Crippen molar-refractivity contribution in [2.45, 2.75) is 0 Å². The van der Waals surface area contributed by atoms with E-state index in [9.17, 15) is 19.2 Å². The highest BCUT2D eigenvalue weighted by Crippen LogP contribution is 2.24. The van der Waals surface area contributed by atoms with E-state index >= 15 is 0 Å². The summed E-state index contributed by atoms with van der Waals surface area (Å²) in [4.78, 5) is 49.6. The van der Waals surface area contributed by atoms with Crippen LogP contribution < -0.4 is 10.1 Å². The fourth-order valence-electron chi connectivity index (χ4n) is 3.00. The van der Waals surface area contributed by atoms with Crippen LogP contribution in [-0.4, -0.2) is 45.4 Å². The van der Waals surface area contributed by atoms with Crippen molar-refractivity contribution in [3.63, 3.8) is 0 Å². The van der Waals surface area contributed by atoms with Crippen molar-refractivity contribution >= 4 is 29.4 Å². The molecule has 0 fully saturated rings. The van der Waals surface area contributed by atoms with Crippen LogP contribution in [0.15, 0.2) is 54.9 Å². The van der Waals surface area contributed by atoms with Gasteiger partial charge in [-0.1, -0.05) is 0 Å². The molecule has 1 N–H and O–H groups in total. The molecule has 150 valence electrons. The fourth-order valence-corrected chi connectivity index (χ4v) is 3.00. The number of anilines is 1. The molecule has 1 aliphatic rings. The van der Waals surface area contributed by atoms with Crippen molar-refractivity contribution in [3.05, 3.63) is 77.1 Å². The van der Waals surface area contributed by atoms with Gasteiger partial charge in [0.05, 0.1) is 28.5 Å². The highest BCUT2D eigenvalue weighted by molar-refractivity contribution is 6.21. The molecule has 1 aromatic heterocycles. The smallest absolute Gasteiger partial charge is 0.343 e. The van der Waals surface area contributed by atoms with Crippen LogP contribution >= 0.6 is 0 Å². The maximum atomic E-state index is 12.4. The minimum absolute atomic E-state index is 0.152. The van der Waals surface area contributed by atoms with Crippen LogP contribution in [0.3, 0.4) is 0 Å². The van der Waals surface area contributed by atoms with Gasteiger partial charge in [-0.15, -0.1) is 0 Å². The number of carbonyl (C=O) groups is 4. The number of ether oxygens (including phenoxy) is 1. The van der Waals surface area contributed by atoms with Gasteiger partial charge in [0.1, 0.15) is 5.75 Å². The summed E-state index contributed by atoms with van der Waals surface area (Å²) in [5, 5.41) is 6.66. The third-order valence-electron chi connectivity index (χ3n) is 4.62. The molecule has 3 aromatic rings. The van der Waals surface area contributed by atoms with Crippen LogP contribution in [0, 0.1) is 0 Å². The molecular weight excluding hydrogens is 388 g/mol. The lowest BCUT2D eigenvalue weighted by atomic mass is 10.1. The summed E-state index contributed by atoms with van der Waals surface area (Å²) in [5.74, 6) is -1.58. The van der Waals surface area contributed by atoms with E-state index in [0.29, 0.717) is 11.3 Å². The number of aryl methyl sites for hydroxylation is 1. The first-order chi connectivity index (χ1) is 14.3. The van der Waals surface area contributed by atoms with E-state index in [2.05, 4.69) is 10.4 Å². The summed E-state index contributed by atoms with van der Waals surface area (Å²) in [6, 6.07) is 10.5. The molecular formula is C21H16N4O5. The number of esters is 1. The van der Waals surface area contributed by atoms with E-state index in [1.165, 1.54) is 48.3 Å². The zero-order valence-electron chi connectivity index (χ0n) is 16.1. The Morgan fingerprint density at radius 2 is 1.63 bits per heavy atom. The Kier molecular flexibility index (Phi) is 4.63. The minimum atomic E-state index is -0.667. The quantitative estimate of drug-likeness (QED) is 0.405. The Morgan fingerprint density at radius 1 is 0.933 bits per heavy atom. The number of aromatic nitrogens is 2. The summed E-state index contributed by atoms with van der Waals surface area (Å²) >= 11 is 0. The largest absolute Gasteiger partial charge is 0.423 e. The van der Waals surface area contributed by atoms with Gasteiger partial charge in [0.15, 0.2) is 0 Å². The number of hydrogen-bond acceptors (Lipinski definition) is 6. The number of carbonyl (C=O) groups excluding carboxylic acids is 4. The number of hydrogen-bond donors (Lipinski definition) is 1. The van der Waals surface area contributed by atoms with Crippen LogP contribution in [-0.2, 0) is 7.05 Å². The van der Waals surface area contributed by atoms with Crippen LogP contribution in [0.4, 0.5) is 5.69 Å². The Bertz CT molecular complexity index is 1200. The topological polar surface area (TPSA) is 111 Å². The normalized spacial score (nSPS) is 12.7. The Labute approximate surface area is 170 Å². The second kappa shape index (κ2) is 7.28. The molecule has 0 aliphatic carbocycles. The first-order valence-corrected chi connectivity index (χ1v) is 8.92. The number of fused-ring (bicyclic) bond motifs is 1. The van der Waals surface area contributed by atoms with E-state index < -0.39 is 17.8 Å². The van der Waals surface area contributed by atoms with E-state index in [0.717, 1.165) is 4.90 Å². The molecule has 0 unspecified atom stereocenters. The molecule has 2 heterocycles. The van der Waals surface area contributed by atoms with E-state index in [4.69, 9.17) is 4.74 Å². The van der Waals surface area contributed by atoms with Gasteiger partial charge in [0, 0.05) is 26.0 Å². The molecule has 9 nitrogen and oxygen atoms in total. The number of imide groups is 1. The fraction of sp³-hybridized carbons (Fsp3) is 0.0952.